The lowest BCUT2D eigenvalue weighted by molar-refractivity contribution is 0.0356. The molecule has 1 aliphatic rings. The molecule has 0 spiro atoms. The molecule has 1 aromatic carbocycles. The van der Waals surface area contributed by atoms with E-state index in [2.05, 4.69) is 18.5 Å². The van der Waals surface area contributed by atoms with Gasteiger partial charge in [0.05, 0.1) is 5.60 Å². The highest BCUT2D eigenvalue weighted by Gasteiger charge is 2.34. The molecule has 0 unspecified atom stereocenters. The van der Waals surface area contributed by atoms with Crippen LogP contribution < -0.4 is 0 Å². The first-order valence-electron chi connectivity index (χ1n) is 5.77. The van der Waals surface area contributed by atoms with Gasteiger partial charge in [-0.3, -0.25) is 0 Å². The first kappa shape index (κ1) is 11.4. The van der Waals surface area contributed by atoms with Gasteiger partial charge in [0.25, 0.3) is 0 Å². The van der Waals surface area contributed by atoms with E-state index in [0.717, 1.165) is 37.1 Å². The Morgan fingerprint density at radius 3 is 2.38 bits per heavy atom. The van der Waals surface area contributed by atoms with E-state index in [-0.39, 0.29) is 0 Å². The summed E-state index contributed by atoms with van der Waals surface area (Å²) in [6, 6.07) is 9.98. The lowest BCUT2D eigenvalue weighted by atomic mass is 9.82. The van der Waals surface area contributed by atoms with Crippen molar-refractivity contribution < 1.29 is 5.11 Å². The van der Waals surface area contributed by atoms with Crippen molar-refractivity contribution in [2.24, 2.45) is 0 Å². The van der Waals surface area contributed by atoms with E-state index in [1.54, 1.807) is 0 Å². The van der Waals surface area contributed by atoms with Crippen LogP contribution in [0.1, 0.15) is 18.4 Å². The topological polar surface area (TPSA) is 23.5 Å². The molecule has 1 aromatic rings. The zero-order valence-electron chi connectivity index (χ0n) is 9.82. The molecular formula is C14H19NO. The smallest absolute Gasteiger partial charge is 0.0921 e. The second kappa shape index (κ2) is 4.40. The third kappa shape index (κ3) is 2.18. The summed E-state index contributed by atoms with van der Waals surface area (Å²) in [6.45, 7) is 5.94. The molecule has 1 N–H and O–H groups in total. The molecule has 0 amide bonds. The van der Waals surface area contributed by atoms with Crippen molar-refractivity contribution >= 4 is 5.57 Å². The summed E-state index contributed by atoms with van der Waals surface area (Å²) in [6.07, 6.45) is 1.55. The summed E-state index contributed by atoms with van der Waals surface area (Å²) in [5.74, 6) is 0. The Hall–Kier alpha value is -1.12. The first-order valence-corrected chi connectivity index (χ1v) is 5.77. The zero-order valence-corrected chi connectivity index (χ0v) is 9.82. The number of hydrogen-bond donors (Lipinski definition) is 1. The number of rotatable bonds is 2. The summed E-state index contributed by atoms with van der Waals surface area (Å²) in [4.78, 5) is 2.24. The van der Waals surface area contributed by atoms with Crippen molar-refractivity contribution in [1.29, 1.82) is 0 Å². The molecule has 1 heterocycles. The van der Waals surface area contributed by atoms with Crippen LogP contribution in [0.5, 0.6) is 0 Å². The molecule has 0 saturated carbocycles. The molecule has 0 radical (unpaired) electrons. The van der Waals surface area contributed by atoms with Crippen LogP contribution in [-0.2, 0) is 0 Å². The standard InChI is InChI=1S/C14H19NO/c1-12(13-6-4-3-5-7-13)14(16)8-10-15(2)11-9-14/h3-7,16H,1,8-11H2,2H3. The maximum absolute atomic E-state index is 10.6. The predicted octanol–water partition coefficient (Wildman–Crippen LogP) is 2.16. The normalized spacial score (nSPS) is 20.6. The van der Waals surface area contributed by atoms with Crippen LogP contribution in [0.3, 0.4) is 0 Å². The molecule has 2 rings (SSSR count). The number of nitrogens with zero attached hydrogens (tertiary/aromatic N) is 1. The van der Waals surface area contributed by atoms with Gasteiger partial charge in [0.2, 0.25) is 0 Å². The number of likely N-dealkylation sites (tertiary alicyclic amines) is 1. The van der Waals surface area contributed by atoms with Gasteiger partial charge in [0, 0.05) is 13.1 Å². The number of piperidine rings is 1. The molecule has 1 fully saturated rings. The molecule has 86 valence electrons. The Labute approximate surface area is 97.2 Å². The van der Waals surface area contributed by atoms with Crippen LogP contribution in [0, 0.1) is 0 Å². The molecule has 0 aromatic heterocycles. The Bertz CT molecular complexity index is 364. The molecule has 16 heavy (non-hydrogen) atoms. The number of benzene rings is 1. The van der Waals surface area contributed by atoms with E-state index < -0.39 is 5.60 Å². The van der Waals surface area contributed by atoms with Crippen LogP contribution in [0.25, 0.3) is 5.57 Å². The van der Waals surface area contributed by atoms with Gasteiger partial charge < -0.3 is 10.0 Å². The van der Waals surface area contributed by atoms with Gasteiger partial charge in [-0.25, -0.2) is 0 Å². The average Bonchev–Trinajstić information content (AvgIpc) is 2.33. The molecule has 2 heteroatoms. The maximum atomic E-state index is 10.6. The quantitative estimate of drug-likeness (QED) is 0.820. The van der Waals surface area contributed by atoms with E-state index in [1.165, 1.54) is 0 Å². The highest BCUT2D eigenvalue weighted by Crippen LogP contribution is 2.34. The Balaban J connectivity index is 2.16. The number of aliphatic hydroxyl groups is 1. The highest BCUT2D eigenvalue weighted by atomic mass is 16.3. The second-order valence-corrected chi connectivity index (χ2v) is 4.68. The van der Waals surface area contributed by atoms with E-state index in [0.29, 0.717) is 0 Å². The van der Waals surface area contributed by atoms with Crippen molar-refractivity contribution in [2.45, 2.75) is 18.4 Å². The van der Waals surface area contributed by atoms with Gasteiger partial charge in [0.1, 0.15) is 0 Å². The summed E-state index contributed by atoms with van der Waals surface area (Å²) in [7, 11) is 2.09. The van der Waals surface area contributed by atoms with E-state index in [4.69, 9.17) is 0 Å². The Morgan fingerprint density at radius 2 is 1.81 bits per heavy atom. The zero-order chi connectivity index (χ0) is 11.6. The molecule has 0 aliphatic carbocycles. The third-order valence-corrected chi connectivity index (χ3v) is 3.50. The van der Waals surface area contributed by atoms with Gasteiger partial charge in [0.15, 0.2) is 0 Å². The number of hydrogen-bond acceptors (Lipinski definition) is 2. The van der Waals surface area contributed by atoms with Crippen molar-refractivity contribution in [3.8, 4) is 0 Å². The van der Waals surface area contributed by atoms with Crippen molar-refractivity contribution in [3.63, 3.8) is 0 Å². The van der Waals surface area contributed by atoms with Gasteiger partial charge in [-0.1, -0.05) is 36.9 Å². The van der Waals surface area contributed by atoms with Gasteiger partial charge in [-0.15, -0.1) is 0 Å². The van der Waals surface area contributed by atoms with Gasteiger partial charge in [-0.05, 0) is 31.0 Å². The molecule has 2 nitrogen and oxygen atoms in total. The molecule has 0 bridgehead atoms. The second-order valence-electron chi connectivity index (χ2n) is 4.68. The monoisotopic (exact) mass is 217 g/mol. The molecule has 0 atom stereocenters. The molecular weight excluding hydrogens is 198 g/mol. The maximum Gasteiger partial charge on any atom is 0.0921 e. The average molecular weight is 217 g/mol. The third-order valence-electron chi connectivity index (χ3n) is 3.50. The summed E-state index contributed by atoms with van der Waals surface area (Å²) < 4.78 is 0. The minimum atomic E-state index is -0.714. The lowest BCUT2D eigenvalue weighted by Crippen LogP contribution is -2.43. The van der Waals surface area contributed by atoms with Gasteiger partial charge >= 0.3 is 0 Å². The highest BCUT2D eigenvalue weighted by molar-refractivity contribution is 5.70. The fourth-order valence-electron chi connectivity index (χ4n) is 2.20. The fraction of sp³-hybridized carbons (Fsp3) is 0.429. The summed E-state index contributed by atoms with van der Waals surface area (Å²) in [5.41, 5.74) is 1.20. The van der Waals surface area contributed by atoms with Crippen molar-refractivity contribution in [2.75, 3.05) is 20.1 Å². The van der Waals surface area contributed by atoms with Crippen LogP contribution in [-0.4, -0.2) is 35.7 Å². The minimum absolute atomic E-state index is 0.714. The molecule has 1 saturated heterocycles. The van der Waals surface area contributed by atoms with Crippen LogP contribution in [0.4, 0.5) is 0 Å². The van der Waals surface area contributed by atoms with E-state index >= 15 is 0 Å². The van der Waals surface area contributed by atoms with Crippen LogP contribution in [0.2, 0.25) is 0 Å². The van der Waals surface area contributed by atoms with Crippen LogP contribution in [0.15, 0.2) is 36.9 Å². The summed E-state index contributed by atoms with van der Waals surface area (Å²) in [5, 5.41) is 10.6. The minimum Gasteiger partial charge on any atom is -0.385 e. The van der Waals surface area contributed by atoms with E-state index in [9.17, 15) is 5.11 Å². The summed E-state index contributed by atoms with van der Waals surface area (Å²) >= 11 is 0. The predicted molar refractivity (Wildman–Crippen MR) is 67.2 cm³/mol. The van der Waals surface area contributed by atoms with Gasteiger partial charge in [-0.2, -0.15) is 0 Å². The SMILES string of the molecule is C=C(c1ccccc1)C1(O)CCN(C)CC1. The lowest BCUT2D eigenvalue weighted by Gasteiger charge is -2.38. The van der Waals surface area contributed by atoms with Crippen LogP contribution >= 0.6 is 0 Å². The Morgan fingerprint density at radius 1 is 1.25 bits per heavy atom. The fourth-order valence-corrected chi connectivity index (χ4v) is 2.20. The van der Waals surface area contributed by atoms with E-state index in [1.807, 2.05) is 30.3 Å². The largest absolute Gasteiger partial charge is 0.385 e. The van der Waals surface area contributed by atoms with Crippen molar-refractivity contribution in [1.82, 2.24) is 4.90 Å². The first-order chi connectivity index (χ1) is 7.62. The Kier molecular flexibility index (Phi) is 3.13. The molecule has 1 aliphatic heterocycles. The van der Waals surface area contributed by atoms with Crippen molar-refractivity contribution in [3.05, 3.63) is 42.5 Å².